The van der Waals surface area contributed by atoms with E-state index in [0.717, 1.165) is 37.7 Å². The predicted octanol–water partition coefficient (Wildman–Crippen LogP) is 1.45. The van der Waals surface area contributed by atoms with Crippen molar-refractivity contribution in [2.45, 2.75) is 32.5 Å². The average molecular weight is 264 g/mol. The molecule has 1 unspecified atom stereocenters. The van der Waals surface area contributed by atoms with Crippen LogP contribution in [-0.4, -0.2) is 40.8 Å². The zero-order valence-electron chi connectivity index (χ0n) is 10.3. The molecular weight excluding hydrogens is 244 g/mol. The van der Waals surface area contributed by atoms with Gasteiger partial charge in [-0.25, -0.2) is 0 Å². The molecule has 0 bridgehead atoms. The van der Waals surface area contributed by atoms with Crippen molar-refractivity contribution in [3.63, 3.8) is 0 Å². The molecule has 1 heterocycles. The summed E-state index contributed by atoms with van der Waals surface area (Å²) in [7, 11) is -3.37. The maximum absolute atomic E-state index is 10.7. The Hall–Kier alpha value is -0.430. The van der Waals surface area contributed by atoms with Gasteiger partial charge in [-0.05, 0) is 31.8 Å². The van der Waals surface area contributed by atoms with Crippen LogP contribution < -0.4 is 0 Å². The molecule has 0 aromatic heterocycles. The van der Waals surface area contributed by atoms with Crippen LogP contribution in [0.4, 0.5) is 0 Å². The topological polar surface area (TPSA) is 61.8 Å². The van der Waals surface area contributed by atoms with Crippen molar-refractivity contribution in [3.05, 3.63) is 11.6 Å². The monoisotopic (exact) mass is 264 g/mol. The number of rotatable bonds is 6. The summed E-state index contributed by atoms with van der Waals surface area (Å²) in [4.78, 5) is 0. The molecule has 0 radical (unpaired) electrons. The van der Waals surface area contributed by atoms with E-state index in [-0.39, 0.29) is 12.9 Å². The molecule has 1 rings (SSSR count). The van der Waals surface area contributed by atoms with E-state index in [0.29, 0.717) is 6.61 Å². The SMILES string of the molecule is C/C(=C\COS(C)(=O)=O)COC1CCCCO1. The number of hydrogen-bond donors (Lipinski definition) is 0. The molecule has 5 nitrogen and oxygen atoms in total. The number of hydrogen-bond acceptors (Lipinski definition) is 5. The fourth-order valence-corrected chi connectivity index (χ4v) is 1.74. The summed E-state index contributed by atoms with van der Waals surface area (Å²) < 4.78 is 37.0. The van der Waals surface area contributed by atoms with Gasteiger partial charge in [-0.1, -0.05) is 6.08 Å². The van der Waals surface area contributed by atoms with Crippen molar-refractivity contribution in [3.8, 4) is 0 Å². The van der Waals surface area contributed by atoms with Crippen molar-refractivity contribution in [2.24, 2.45) is 0 Å². The molecule has 1 saturated heterocycles. The van der Waals surface area contributed by atoms with Crippen LogP contribution in [0.1, 0.15) is 26.2 Å². The molecule has 0 amide bonds. The second-order valence-electron chi connectivity index (χ2n) is 4.15. The molecule has 0 saturated carbocycles. The smallest absolute Gasteiger partial charge is 0.264 e. The van der Waals surface area contributed by atoms with Crippen LogP contribution in [0.25, 0.3) is 0 Å². The molecule has 0 aromatic carbocycles. The summed E-state index contributed by atoms with van der Waals surface area (Å²) in [5.74, 6) is 0. The second kappa shape index (κ2) is 7.10. The Labute approximate surface area is 103 Å². The average Bonchev–Trinajstić information content (AvgIpc) is 2.26. The van der Waals surface area contributed by atoms with Crippen LogP contribution in [0.2, 0.25) is 0 Å². The highest BCUT2D eigenvalue weighted by atomic mass is 32.2. The summed E-state index contributed by atoms with van der Waals surface area (Å²) in [5, 5.41) is 0. The summed E-state index contributed by atoms with van der Waals surface area (Å²) in [6, 6.07) is 0. The van der Waals surface area contributed by atoms with Crippen LogP contribution in [0.3, 0.4) is 0 Å². The van der Waals surface area contributed by atoms with Crippen molar-refractivity contribution in [1.29, 1.82) is 0 Å². The fraction of sp³-hybridized carbons (Fsp3) is 0.818. The van der Waals surface area contributed by atoms with Gasteiger partial charge in [0, 0.05) is 6.61 Å². The van der Waals surface area contributed by atoms with Crippen molar-refractivity contribution < 1.29 is 22.1 Å². The zero-order valence-corrected chi connectivity index (χ0v) is 11.2. The Morgan fingerprint density at radius 1 is 1.47 bits per heavy atom. The maximum Gasteiger partial charge on any atom is 0.264 e. The lowest BCUT2D eigenvalue weighted by molar-refractivity contribution is -0.156. The molecule has 1 aliphatic heterocycles. The molecule has 0 N–H and O–H groups in total. The minimum Gasteiger partial charge on any atom is -0.353 e. The van der Waals surface area contributed by atoms with Gasteiger partial charge in [0.05, 0.1) is 19.5 Å². The highest BCUT2D eigenvalue weighted by Crippen LogP contribution is 2.14. The van der Waals surface area contributed by atoms with E-state index in [1.54, 1.807) is 6.08 Å². The van der Waals surface area contributed by atoms with Crippen LogP contribution in [-0.2, 0) is 23.8 Å². The summed E-state index contributed by atoms with van der Waals surface area (Å²) in [6.45, 7) is 3.12. The molecule has 1 aliphatic rings. The van der Waals surface area contributed by atoms with Gasteiger partial charge >= 0.3 is 0 Å². The Morgan fingerprint density at radius 3 is 2.82 bits per heavy atom. The van der Waals surface area contributed by atoms with Crippen molar-refractivity contribution in [2.75, 3.05) is 26.1 Å². The van der Waals surface area contributed by atoms with E-state index in [1.807, 2.05) is 6.92 Å². The highest BCUT2D eigenvalue weighted by Gasteiger charge is 2.13. The van der Waals surface area contributed by atoms with Crippen molar-refractivity contribution in [1.82, 2.24) is 0 Å². The Kier molecular flexibility index (Phi) is 6.11. The normalized spacial score (nSPS) is 22.7. The van der Waals surface area contributed by atoms with Gasteiger partial charge in [-0.3, -0.25) is 4.18 Å². The first-order chi connectivity index (χ1) is 7.97. The molecule has 1 atom stereocenters. The maximum atomic E-state index is 10.7. The Morgan fingerprint density at radius 2 is 2.24 bits per heavy atom. The van der Waals surface area contributed by atoms with E-state index in [9.17, 15) is 8.42 Å². The first-order valence-electron chi connectivity index (χ1n) is 5.70. The lowest BCUT2D eigenvalue weighted by Gasteiger charge is -2.22. The molecule has 0 aromatic rings. The standard InChI is InChI=1S/C11H20O5S/c1-10(6-8-16-17(2,12)13)9-15-11-5-3-4-7-14-11/h6,11H,3-5,7-9H2,1-2H3/b10-6+. The van der Waals surface area contributed by atoms with Gasteiger partial charge in [0.15, 0.2) is 6.29 Å². The molecule has 6 heteroatoms. The minimum absolute atomic E-state index is 0.0551. The van der Waals surface area contributed by atoms with Gasteiger partial charge in [0.1, 0.15) is 0 Å². The Balaban J connectivity index is 2.19. The molecule has 0 aliphatic carbocycles. The largest absolute Gasteiger partial charge is 0.353 e. The zero-order chi connectivity index (χ0) is 12.7. The first kappa shape index (κ1) is 14.6. The van der Waals surface area contributed by atoms with E-state index in [4.69, 9.17) is 9.47 Å². The Bertz CT molecular complexity index is 341. The highest BCUT2D eigenvalue weighted by molar-refractivity contribution is 7.85. The summed E-state index contributed by atoms with van der Waals surface area (Å²) in [5.41, 5.74) is 0.933. The van der Waals surface area contributed by atoms with Gasteiger partial charge in [-0.15, -0.1) is 0 Å². The lowest BCUT2D eigenvalue weighted by Crippen LogP contribution is -2.22. The lowest BCUT2D eigenvalue weighted by atomic mass is 10.2. The third kappa shape index (κ3) is 7.49. The summed E-state index contributed by atoms with van der Waals surface area (Å²) >= 11 is 0. The molecule has 100 valence electrons. The van der Waals surface area contributed by atoms with E-state index in [1.165, 1.54) is 0 Å². The second-order valence-corrected chi connectivity index (χ2v) is 5.79. The molecule has 17 heavy (non-hydrogen) atoms. The van der Waals surface area contributed by atoms with Crippen molar-refractivity contribution >= 4 is 10.1 Å². The summed E-state index contributed by atoms with van der Waals surface area (Å²) in [6.07, 6.45) is 5.75. The molecular formula is C11H20O5S. The van der Waals surface area contributed by atoms with E-state index < -0.39 is 10.1 Å². The first-order valence-corrected chi connectivity index (χ1v) is 7.52. The molecule has 1 fully saturated rings. The van der Waals surface area contributed by atoms with Crippen LogP contribution in [0.5, 0.6) is 0 Å². The van der Waals surface area contributed by atoms with Crippen LogP contribution in [0, 0.1) is 0 Å². The quantitative estimate of drug-likeness (QED) is 0.537. The van der Waals surface area contributed by atoms with Gasteiger partial charge < -0.3 is 9.47 Å². The van der Waals surface area contributed by atoms with Crippen LogP contribution in [0.15, 0.2) is 11.6 Å². The third-order valence-corrected chi connectivity index (χ3v) is 2.91. The number of ether oxygens (including phenoxy) is 2. The van der Waals surface area contributed by atoms with Gasteiger partial charge in [-0.2, -0.15) is 8.42 Å². The molecule has 0 spiro atoms. The van der Waals surface area contributed by atoms with Gasteiger partial charge in [0.25, 0.3) is 10.1 Å². The van der Waals surface area contributed by atoms with E-state index in [2.05, 4.69) is 4.18 Å². The van der Waals surface area contributed by atoms with E-state index >= 15 is 0 Å². The minimum atomic E-state index is -3.37. The van der Waals surface area contributed by atoms with Gasteiger partial charge in [0.2, 0.25) is 0 Å². The third-order valence-electron chi connectivity index (χ3n) is 2.35. The van der Waals surface area contributed by atoms with Crippen LogP contribution >= 0.6 is 0 Å². The predicted molar refractivity (Wildman–Crippen MR) is 64.1 cm³/mol. The fourth-order valence-electron chi connectivity index (χ4n) is 1.43.